The van der Waals surface area contributed by atoms with Crippen molar-refractivity contribution in [2.45, 2.75) is 25.3 Å². The molecule has 3 heterocycles. The largest absolute Gasteiger partial charge is 0.444 e. The number of carbonyl (C=O) groups excluding carboxylic acids is 1. The van der Waals surface area contributed by atoms with Gasteiger partial charge in [-0.3, -0.25) is 9.69 Å². The van der Waals surface area contributed by atoms with Crippen LogP contribution in [0.3, 0.4) is 0 Å². The summed E-state index contributed by atoms with van der Waals surface area (Å²) in [6.45, 7) is 3.74. The van der Waals surface area contributed by atoms with Gasteiger partial charge >= 0.3 is 0 Å². The molecule has 2 saturated heterocycles. The molecule has 1 aromatic heterocycles. The Hall–Kier alpha value is -0.460. The van der Waals surface area contributed by atoms with Crippen LogP contribution in [0, 0.1) is 0 Å². The van der Waals surface area contributed by atoms with Crippen LogP contribution < -0.4 is 0 Å². The molecular formula is C15H21BrN2O2S. The molecule has 1 amide bonds. The second-order valence-corrected chi connectivity index (χ2v) is 7.64. The zero-order valence-corrected chi connectivity index (χ0v) is 14.5. The molecule has 2 fully saturated rings. The maximum atomic E-state index is 12.4. The van der Waals surface area contributed by atoms with Crippen molar-refractivity contribution >= 4 is 33.6 Å². The summed E-state index contributed by atoms with van der Waals surface area (Å²) in [6, 6.07) is 4.24. The molecule has 0 spiro atoms. The molecule has 2 aliphatic heterocycles. The van der Waals surface area contributed by atoms with E-state index in [2.05, 4.69) is 32.6 Å². The van der Waals surface area contributed by atoms with E-state index in [-0.39, 0.29) is 5.91 Å². The Labute approximate surface area is 138 Å². The van der Waals surface area contributed by atoms with Gasteiger partial charge in [0.15, 0.2) is 10.4 Å². The SMILES string of the molecule is O=C(c1ccc(Br)o1)N1CCCN(C2CCSCC2)CC1. The predicted molar refractivity (Wildman–Crippen MR) is 88.8 cm³/mol. The molecule has 116 valence electrons. The Morgan fingerprint density at radius 2 is 2.00 bits per heavy atom. The number of rotatable bonds is 2. The van der Waals surface area contributed by atoms with E-state index < -0.39 is 0 Å². The highest BCUT2D eigenvalue weighted by Crippen LogP contribution is 2.23. The molecule has 0 atom stereocenters. The summed E-state index contributed by atoms with van der Waals surface area (Å²) in [6.07, 6.45) is 3.64. The van der Waals surface area contributed by atoms with Gasteiger partial charge in [0.1, 0.15) is 0 Å². The number of carbonyl (C=O) groups is 1. The Balaban J connectivity index is 1.58. The smallest absolute Gasteiger partial charge is 0.289 e. The van der Waals surface area contributed by atoms with Crippen molar-refractivity contribution in [3.63, 3.8) is 0 Å². The topological polar surface area (TPSA) is 36.7 Å². The van der Waals surface area contributed by atoms with Crippen LogP contribution in [0.25, 0.3) is 0 Å². The Kier molecular flexibility index (Phi) is 5.29. The van der Waals surface area contributed by atoms with Gasteiger partial charge in [-0.2, -0.15) is 11.8 Å². The summed E-state index contributed by atoms with van der Waals surface area (Å²) >= 11 is 5.32. The van der Waals surface area contributed by atoms with Gasteiger partial charge in [-0.15, -0.1) is 0 Å². The van der Waals surface area contributed by atoms with Gasteiger partial charge in [0.2, 0.25) is 0 Å². The first-order valence-corrected chi connectivity index (χ1v) is 9.55. The van der Waals surface area contributed by atoms with Crippen molar-refractivity contribution < 1.29 is 9.21 Å². The summed E-state index contributed by atoms with van der Waals surface area (Å²) in [7, 11) is 0. The van der Waals surface area contributed by atoms with E-state index >= 15 is 0 Å². The summed E-state index contributed by atoms with van der Waals surface area (Å²) in [4.78, 5) is 17.0. The first-order chi connectivity index (χ1) is 10.2. The molecule has 4 nitrogen and oxygen atoms in total. The number of furan rings is 1. The van der Waals surface area contributed by atoms with Crippen molar-refractivity contribution in [1.29, 1.82) is 0 Å². The van der Waals surface area contributed by atoms with Crippen molar-refractivity contribution in [3.05, 3.63) is 22.6 Å². The van der Waals surface area contributed by atoms with E-state index in [0.717, 1.165) is 38.6 Å². The van der Waals surface area contributed by atoms with Gasteiger partial charge in [0, 0.05) is 32.2 Å². The molecule has 0 aliphatic carbocycles. The molecule has 0 radical (unpaired) electrons. The number of hydrogen-bond acceptors (Lipinski definition) is 4. The number of amides is 1. The van der Waals surface area contributed by atoms with Gasteiger partial charge in [0.05, 0.1) is 0 Å². The standard InChI is InChI=1S/C15H21BrN2O2S/c16-14-3-2-13(20-14)15(19)18-7-1-6-17(8-9-18)12-4-10-21-11-5-12/h2-3,12H,1,4-11H2. The number of thioether (sulfide) groups is 1. The van der Waals surface area contributed by atoms with Crippen LogP contribution in [0.15, 0.2) is 21.2 Å². The summed E-state index contributed by atoms with van der Waals surface area (Å²) < 4.78 is 6.00. The molecular weight excluding hydrogens is 352 g/mol. The normalized spacial score (nSPS) is 22.2. The van der Waals surface area contributed by atoms with Crippen LogP contribution in [-0.4, -0.2) is 59.4 Å². The van der Waals surface area contributed by atoms with Gasteiger partial charge in [-0.25, -0.2) is 0 Å². The molecule has 0 saturated carbocycles. The molecule has 0 N–H and O–H groups in total. The predicted octanol–water partition coefficient (Wildman–Crippen LogP) is 3.09. The fraction of sp³-hybridized carbons (Fsp3) is 0.667. The zero-order chi connectivity index (χ0) is 14.7. The molecule has 0 bridgehead atoms. The maximum absolute atomic E-state index is 12.4. The summed E-state index contributed by atoms with van der Waals surface area (Å²) in [5, 5.41) is 0. The van der Waals surface area contributed by atoms with Gasteiger partial charge in [-0.05, 0) is 58.8 Å². The average molecular weight is 373 g/mol. The molecule has 1 aromatic rings. The molecule has 3 rings (SSSR count). The van der Waals surface area contributed by atoms with E-state index in [1.54, 1.807) is 12.1 Å². The number of hydrogen-bond donors (Lipinski definition) is 0. The molecule has 0 unspecified atom stereocenters. The second-order valence-electron chi connectivity index (χ2n) is 5.63. The first kappa shape index (κ1) is 15.4. The third kappa shape index (κ3) is 3.85. The van der Waals surface area contributed by atoms with Gasteiger partial charge in [-0.1, -0.05) is 0 Å². The van der Waals surface area contributed by atoms with Crippen molar-refractivity contribution in [2.75, 3.05) is 37.7 Å². The van der Waals surface area contributed by atoms with Crippen LogP contribution in [0.2, 0.25) is 0 Å². The fourth-order valence-electron chi connectivity index (χ4n) is 3.14. The highest BCUT2D eigenvalue weighted by Gasteiger charge is 2.26. The zero-order valence-electron chi connectivity index (χ0n) is 12.1. The van der Waals surface area contributed by atoms with Crippen LogP contribution in [0.4, 0.5) is 0 Å². The van der Waals surface area contributed by atoms with E-state index in [9.17, 15) is 4.79 Å². The minimum atomic E-state index is 0.0155. The van der Waals surface area contributed by atoms with E-state index in [1.165, 1.54) is 24.3 Å². The lowest BCUT2D eigenvalue weighted by molar-refractivity contribution is 0.0724. The van der Waals surface area contributed by atoms with Crippen LogP contribution in [0.1, 0.15) is 29.8 Å². The number of nitrogens with zero attached hydrogens (tertiary/aromatic N) is 2. The summed E-state index contributed by atoms with van der Waals surface area (Å²) in [5.41, 5.74) is 0. The first-order valence-electron chi connectivity index (χ1n) is 7.60. The van der Waals surface area contributed by atoms with E-state index in [0.29, 0.717) is 10.4 Å². The lowest BCUT2D eigenvalue weighted by Gasteiger charge is -2.33. The molecule has 6 heteroatoms. The average Bonchev–Trinajstić information content (AvgIpc) is 2.81. The van der Waals surface area contributed by atoms with Crippen molar-refractivity contribution in [1.82, 2.24) is 9.80 Å². The molecule has 21 heavy (non-hydrogen) atoms. The highest BCUT2D eigenvalue weighted by molar-refractivity contribution is 9.10. The highest BCUT2D eigenvalue weighted by atomic mass is 79.9. The molecule has 0 aromatic carbocycles. The fourth-order valence-corrected chi connectivity index (χ4v) is 4.53. The van der Waals surface area contributed by atoms with Crippen LogP contribution in [-0.2, 0) is 0 Å². The monoisotopic (exact) mass is 372 g/mol. The van der Waals surface area contributed by atoms with E-state index in [1.807, 2.05) is 4.90 Å². The Bertz CT molecular complexity index is 488. The van der Waals surface area contributed by atoms with Crippen LogP contribution in [0.5, 0.6) is 0 Å². The minimum absolute atomic E-state index is 0.0155. The quantitative estimate of drug-likeness (QED) is 0.799. The van der Waals surface area contributed by atoms with E-state index in [4.69, 9.17) is 4.42 Å². The lowest BCUT2D eigenvalue weighted by Crippen LogP contribution is -2.41. The Morgan fingerprint density at radius 3 is 2.71 bits per heavy atom. The minimum Gasteiger partial charge on any atom is -0.444 e. The van der Waals surface area contributed by atoms with Crippen molar-refractivity contribution in [3.8, 4) is 0 Å². The lowest BCUT2D eigenvalue weighted by atomic mass is 10.1. The third-order valence-electron chi connectivity index (χ3n) is 4.31. The summed E-state index contributed by atoms with van der Waals surface area (Å²) in [5.74, 6) is 3.01. The Morgan fingerprint density at radius 1 is 1.19 bits per heavy atom. The third-order valence-corrected chi connectivity index (χ3v) is 5.78. The van der Waals surface area contributed by atoms with Gasteiger partial charge in [0.25, 0.3) is 5.91 Å². The van der Waals surface area contributed by atoms with Gasteiger partial charge < -0.3 is 9.32 Å². The second kappa shape index (κ2) is 7.20. The maximum Gasteiger partial charge on any atom is 0.289 e. The van der Waals surface area contributed by atoms with Crippen LogP contribution >= 0.6 is 27.7 Å². The van der Waals surface area contributed by atoms with Crippen molar-refractivity contribution in [2.24, 2.45) is 0 Å². The number of halogens is 1. The molecule has 2 aliphatic rings.